The maximum atomic E-state index is 10.6. The van der Waals surface area contributed by atoms with E-state index in [1.54, 1.807) is 31.5 Å². The number of nitrogens with zero attached hydrogens (tertiary/aromatic N) is 3. The molecule has 3 aromatic rings. The molecule has 0 aliphatic carbocycles. The van der Waals surface area contributed by atoms with Crippen LogP contribution < -0.4 is 10.6 Å². The van der Waals surface area contributed by atoms with Crippen molar-refractivity contribution in [1.82, 2.24) is 20.2 Å². The molecule has 7 heteroatoms. The Morgan fingerprint density at radius 1 is 1.21 bits per heavy atom. The number of imidazole rings is 1. The van der Waals surface area contributed by atoms with Crippen LogP contribution in [0.4, 0.5) is 0 Å². The third-order valence-electron chi connectivity index (χ3n) is 4.66. The Kier molecular flexibility index (Phi) is 7.08. The maximum absolute atomic E-state index is 10.6. The van der Waals surface area contributed by atoms with E-state index in [-0.39, 0.29) is 6.54 Å². The summed E-state index contributed by atoms with van der Waals surface area (Å²) in [6.07, 6.45) is 6.28. The first-order valence-electron chi connectivity index (χ1n) is 9.91. The number of furan rings is 1. The largest absolute Gasteiger partial charge is 0.466 e. The zero-order valence-electron chi connectivity index (χ0n) is 17.0. The number of aromatic nitrogens is 2. The predicted molar refractivity (Wildman–Crippen MR) is 113 cm³/mol. The van der Waals surface area contributed by atoms with Crippen molar-refractivity contribution in [1.29, 1.82) is 0 Å². The van der Waals surface area contributed by atoms with Crippen LogP contribution in [0.15, 0.2) is 70.5 Å². The molecule has 154 valence electrons. The van der Waals surface area contributed by atoms with E-state index in [4.69, 9.17) is 4.42 Å². The summed E-state index contributed by atoms with van der Waals surface area (Å²) in [5.41, 5.74) is 0.166. The van der Waals surface area contributed by atoms with E-state index in [0.717, 1.165) is 25.3 Å². The Hall–Kier alpha value is -3.06. The van der Waals surface area contributed by atoms with Crippen LogP contribution in [-0.2, 0) is 25.1 Å². The average Bonchev–Trinajstić information content (AvgIpc) is 3.42. The Labute approximate surface area is 171 Å². The maximum Gasteiger partial charge on any atom is 0.191 e. The first-order chi connectivity index (χ1) is 14.1. The molecule has 0 amide bonds. The van der Waals surface area contributed by atoms with Crippen molar-refractivity contribution in [3.8, 4) is 0 Å². The fourth-order valence-electron chi connectivity index (χ4n) is 3.01. The molecule has 0 radical (unpaired) electrons. The van der Waals surface area contributed by atoms with Crippen LogP contribution in [0.25, 0.3) is 0 Å². The van der Waals surface area contributed by atoms with Crippen LogP contribution in [0.1, 0.15) is 31.0 Å². The molecule has 2 aromatic heterocycles. The molecule has 0 aliphatic heterocycles. The van der Waals surface area contributed by atoms with Crippen molar-refractivity contribution < 1.29 is 9.52 Å². The molecule has 29 heavy (non-hydrogen) atoms. The number of aliphatic imine (C=N–C) groups is 1. The molecule has 0 fully saturated rings. The number of nitrogens with one attached hydrogen (secondary N) is 2. The highest BCUT2D eigenvalue weighted by atomic mass is 16.4. The quantitative estimate of drug-likeness (QED) is 0.383. The van der Waals surface area contributed by atoms with Gasteiger partial charge in [0.1, 0.15) is 23.7 Å². The van der Waals surface area contributed by atoms with E-state index < -0.39 is 5.60 Å². The van der Waals surface area contributed by atoms with Gasteiger partial charge in [0.05, 0.1) is 12.8 Å². The highest BCUT2D eigenvalue weighted by molar-refractivity contribution is 5.79. The molecule has 0 saturated carbocycles. The van der Waals surface area contributed by atoms with Gasteiger partial charge in [-0.15, -0.1) is 0 Å². The molecule has 1 unspecified atom stereocenters. The minimum absolute atomic E-state index is 0.273. The Bertz CT molecular complexity index is 885. The summed E-state index contributed by atoms with van der Waals surface area (Å²) in [4.78, 5) is 9.07. The van der Waals surface area contributed by atoms with Gasteiger partial charge in [-0.05, 0) is 38.0 Å². The van der Waals surface area contributed by atoms with Gasteiger partial charge in [-0.3, -0.25) is 0 Å². The molecule has 0 aliphatic rings. The van der Waals surface area contributed by atoms with Gasteiger partial charge in [-0.2, -0.15) is 0 Å². The summed E-state index contributed by atoms with van der Waals surface area (Å²) in [5, 5.41) is 17.0. The number of guanidine groups is 1. The summed E-state index contributed by atoms with van der Waals surface area (Å²) in [7, 11) is 0. The van der Waals surface area contributed by atoms with Gasteiger partial charge in [0.15, 0.2) is 5.96 Å². The Morgan fingerprint density at radius 2 is 2.03 bits per heavy atom. The fraction of sp³-hybridized carbons (Fsp3) is 0.364. The van der Waals surface area contributed by atoms with Crippen LogP contribution in [0.3, 0.4) is 0 Å². The number of benzene rings is 1. The van der Waals surface area contributed by atoms with Crippen LogP contribution in [-0.4, -0.2) is 33.7 Å². The lowest BCUT2D eigenvalue weighted by Gasteiger charge is -2.22. The van der Waals surface area contributed by atoms with E-state index in [0.29, 0.717) is 18.3 Å². The predicted octanol–water partition coefficient (Wildman–Crippen LogP) is 2.68. The number of rotatable bonds is 9. The summed E-state index contributed by atoms with van der Waals surface area (Å²) in [6.45, 7) is 6.00. The molecule has 2 heterocycles. The molecule has 3 rings (SSSR count). The summed E-state index contributed by atoms with van der Waals surface area (Å²) in [5.74, 6) is 2.03. The lowest BCUT2D eigenvalue weighted by Crippen LogP contribution is -2.44. The van der Waals surface area contributed by atoms with Crippen molar-refractivity contribution >= 4 is 5.96 Å². The molecule has 7 nitrogen and oxygen atoms in total. The van der Waals surface area contributed by atoms with Crippen molar-refractivity contribution in [2.75, 3.05) is 13.1 Å². The van der Waals surface area contributed by atoms with Gasteiger partial charge in [0.2, 0.25) is 0 Å². The highest BCUT2D eigenvalue weighted by Gasteiger charge is 2.26. The first-order valence-corrected chi connectivity index (χ1v) is 9.91. The fourth-order valence-corrected chi connectivity index (χ4v) is 3.01. The third-order valence-corrected chi connectivity index (χ3v) is 4.66. The van der Waals surface area contributed by atoms with Crippen molar-refractivity contribution in [3.63, 3.8) is 0 Å². The molecule has 3 N–H and O–H groups in total. The monoisotopic (exact) mass is 395 g/mol. The van der Waals surface area contributed by atoms with Gasteiger partial charge in [-0.25, -0.2) is 9.98 Å². The van der Waals surface area contributed by atoms with Gasteiger partial charge in [0, 0.05) is 25.5 Å². The smallest absolute Gasteiger partial charge is 0.191 e. The van der Waals surface area contributed by atoms with Gasteiger partial charge < -0.3 is 24.7 Å². The zero-order chi connectivity index (χ0) is 20.5. The molecule has 1 aromatic carbocycles. The van der Waals surface area contributed by atoms with E-state index in [1.807, 2.05) is 19.2 Å². The van der Waals surface area contributed by atoms with Crippen molar-refractivity contribution in [2.45, 2.75) is 39.0 Å². The van der Waals surface area contributed by atoms with Crippen LogP contribution in [0.2, 0.25) is 0 Å². The van der Waals surface area contributed by atoms with Crippen LogP contribution in [0.5, 0.6) is 0 Å². The number of hydrogen-bond donors (Lipinski definition) is 3. The number of aliphatic hydroxyl groups is 1. The molecular formula is C22H29N5O2. The summed E-state index contributed by atoms with van der Waals surface area (Å²) in [6, 6.07) is 13.9. The minimum atomic E-state index is -1.13. The van der Waals surface area contributed by atoms with Crippen LogP contribution in [0, 0.1) is 0 Å². The molecule has 0 saturated heterocycles. The van der Waals surface area contributed by atoms with Crippen molar-refractivity contribution in [3.05, 3.63) is 78.3 Å². The lowest BCUT2D eigenvalue weighted by atomic mass is 10.0. The summed E-state index contributed by atoms with van der Waals surface area (Å²) < 4.78 is 7.45. The second-order valence-electron chi connectivity index (χ2n) is 7.07. The first kappa shape index (κ1) is 20.7. The van der Waals surface area contributed by atoms with Gasteiger partial charge in [-0.1, -0.05) is 30.3 Å². The zero-order valence-corrected chi connectivity index (χ0v) is 17.0. The lowest BCUT2D eigenvalue weighted by molar-refractivity contribution is 0.0386. The van der Waals surface area contributed by atoms with E-state index in [2.05, 4.69) is 49.4 Å². The number of hydrogen-bond acceptors (Lipinski definition) is 4. The van der Waals surface area contributed by atoms with Crippen LogP contribution >= 0.6 is 0 Å². The van der Waals surface area contributed by atoms with E-state index >= 15 is 0 Å². The molecule has 0 bridgehead atoms. The molecular weight excluding hydrogens is 366 g/mol. The minimum Gasteiger partial charge on any atom is -0.466 e. The van der Waals surface area contributed by atoms with E-state index in [9.17, 15) is 5.11 Å². The summed E-state index contributed by atoms with van der Waals surface area (Å²) >= 11 is 0. The third kappa shape index (κ3) is 5.96. The van der Waals surface area contributed by atoms with E-state index in [1.165, 1.54) is 5.56 Å². The van der Waals surface area contributed by atoms with Gasteiger partial charge >= 0.3 is 0 Å². The second-order valence-corrected chi connectivity index (χ2v) is 7.07. The standard InChI is InChI=1S/C22H29N5O2/c1-3-23-21(26-17-22(2,28)19-10-7-15-29-19)25-16-20-24-12-14-27(20)13-11-18-8-5-4-6-9-18/h4-10,12,14-15,28H,3,11,13,16-17H2,1-2H3,(H2,23,25,26). The average molecular weight is 396 g/mol. The molecule has 0 spiro atoms. The normalized spacial score (nSPS) is 13.8. The highest BCUT2D eigenvalue weighted by Crippen LogP contribution is 2.19. The SMILES string of the molecule is CCNC(=NCc1nccn1CCc1ccccc1)NCC(C)(O)c1ccco1. The molecule has 1 atom stereocenters. The topological polar surface area (TPSA) is 87.6 Å². The Balaban J connectivity index is 1.59. The van der Waals surface area contributed by atoms with Crippen molar-refractivity contribution in [2.24, 2.45) is 4.99 Å². The van der Waals surface area contributed by atoms with Gasteiger partial charge in [0.25, 0.3) is 0 Å². The Morgan fingerprint density at radius 3 is 2.76 bits per heavy atom. The number of aryl methyl sites for hydroxylation is 2. The second kappa shape index (κ2) is 9.93.